The number of para-hydroxylation sites is 3. The average molecular weight is 562 g/mol. The number of furan rings is 2. The summed E-state index contributed by atoms with van der Waals surface area (Å²) in [7, 11) is 0. The lowest BCUT2D eigenvalue weighted by molar-refractivity contribution is 0.669. The topological polar surface area (TPSA) is 97.7 Å². The van der Waals surface area contributed by atoms with Crippen LogP contribution in [0.15, 0.2) is 124 Å². The van der Waals surface area contributed by atoms with E-state index in [1.165, 1.54) is 0 Å². The zero-order chi connectivity index (χ0) is 29.8. The maximum absolute atomic E-state index is 10.7. The van der Waals surface area contributed by atoms with Gasteiger partial charge in [0.2, 0.25) is 0 Å². The Bertz CT molecular complexity index is 2570. The molecular weight excluding hydrogens is 542 g/mol. The lowest BCUT2D eigenvalue weighted by Crippen LogP contribution is -1.97. The van der Waals surface area contributed by atoms with Crippen molar-refractivity contribution < 1.29 is 8.83 Å². The molecule has 44 heavy (non-hydrogen) atoms. The number of rotatable bonds is 3. The molecule has 0 saturated heterocycles. The van der Waals surface area contributed by atoms with Gasteiger partial charge in [-0.15, -0.1) is 0 Å². The average Bonchev–Trinajstić information content (AvgIpc) is 3.66. The van der Waals surface area contributed by atoms with Crippen LogP contribution in [-0.2, 0) is 0 Å². The Morgan fingerprint density at radius 1 is 0.455 bits per heavy atom. The number of nitrogens with zero attached hydrogens (tertiary/aromatic N) is 3. The summed E-state index contributed by atoms with van der Waals surface area (Å²) in [5, 5.41) is 34.8. The molecule has 0 aliphatic heterocycles. The summed E-state index contributed by atoms with van der Waals surface area (Å²) in [6.45, 7) is 0. The van der Waals surface area contributed by atoms with Crippen molar-refractivity contribution in [1.29, 1.82) is 15.8 Å². The molecule has 0 atom stereocenters. The van der Waals surface area contributed by atoms with E-state index in [0.29, 0.717) is 39.0 Å². The van der Waals surface area contributed by atoms with Crippen molar-refractivity contribution in [2.24, 2.45) is 0 Å². The van der Waals surface area contributed by atoms with Crippen molar-refractivity contribution in [3.8, 4) is 51.6 Å². The molecule has 0 unspecified atom stereocenters. The van der Waals surface area contributed by atoms with Gasteiger partial charge in [0.05, 0.1) is 28.8 Å². The van der Waals surface area contributed by atoms with Gasteiger partial charge >= 0.3 is 0 Å². The summed E-state index contributed by atoms with van der Waals surface area (Å²) >= 11 is 0. The van der Waals surface area contributed by atoms with Gasteiger partial charge in [0, 0.05) is 43.8 Å². The molecule has 8 rings (SSSR count). The van der Waals surface area contributed by atoms with Crippen LogP contribution < -0.4 is 0 Å². The number of benzene rings is 6. The second-order valence-corrected chi connectivity index (χ2v) is 10.6. The summed E-state index contributed by atoms with van der Waals surface area (Å²) < 4.78 is 12.6. The predicted octanol–water partition coefficient (Wildman–Crippen LogP) is 10.1. The van der Waals surface area contributed by atoms with Crippen LogP contribution in [-0.4, -0.2) is 0 Å². The molecule has 0 bridgehead atoms. The van der Waals surface area contributed by atoms with Crippen molar-refractivity contribution in [1.82, 2.24) is 0 Å². The molecule has 0 saturated carbocycles. The van der Waals surface area contributed by atoms with Gasteiger partial charge in [0.1, 0.15) is 28.4 Å². The highest BCUT2D eigenvalue weighted by molar-refractivity contribution is 6.14. The Labute approximate surface area is 251 Å². The van der Waals surface area contributed by atoms with Crippen molar-refractivity contribution in [2.75, 3.05) is 0 Å². The van der Waals surface area contributed by atoms with Gasteiger partial charge in [0.25, 0.3) is 0 Å². The monoisotopic (exact) mass is 561 g/mol. The van der Waals surface area contributed by atoms with Gasteiger partial charge in [-0.2, -0.15) is 15.8 Å². The highest BCUT2D eigenvalue weighted by Crippen LogP contribution is 2.45. The van der Waals surface area contributed by atoms with Crippen LogP contribution in [0.4, 0.5) is 0 Å². The third kappa shape index (κ3) is 3.63. The third-order valence-corrected chi connectivity index (χ3v) is 8.23. The molecule has 2 aromatic heterocycles. The Morgan fingerprint density at radius 2 is 1.05 bits per heavy atom. The summed E-state index contributed by atoms with van der Waals surface area (Å²) in [6.07, 6.45) is 0. The lowest BCUT2D eigenvalue weighted by Gasteiger charge is -2.16. The number of nitriles is 3. The molecular formula is C39H19N3O2. The Kier molecular flexibility index (Phi) is 5.56. The van der Waals surface area contributed by atoms with E-state index in [0.717, 1.165) is 55.0 Å². The maximum Gasteiger partial charge on any atom is 0.143 e. The molecule has 0 fully saturated rings. The van der Waals surface area contributed by atoms with Crippen LogP contribution >= 0.6 is 0 Å². The summed E-state index contributed by atoms with van der Waals surface area (Å²) in [5.74, 6) is 0. The quantitative estimate of drug-likeness (QED) is 0.214. The normalized spacial score (nSPS) is 11.1. The number of fused-ring (bicyclic) bond motifs is 6. The standard InChI is InChI=1S/C39H19N3O2/c40-20-23-8-5-9-24(21-41)37(23)32-19-25(26-12-7-17-36-38(26)30-11-2-4-16-35(30)43-36)18-31(33(32)22-42)29-14-6-13-28-27-10-1-3-15-34(27)44-39(28)29/h1-19H. The Balaban J connectivity index is 1.54. The molecule has 0 aliphatic rings. The largest absolute Gasteiger partial charge is 0.456 e. The molecule has 2 heterocycles. The van der Waals surface area contributed by atoms with Gasteiger partial charge in [0.15, 0.2) is 0 Å². The summed E-state index contributed by atoms with van der Waals surface area (Å²) in [6, 6.07) is 43.4. The van der Waals surface area contributed by atoms with Crippen LogP contribution in [0.5, 0.6) is 0 Å². The van der Waals surface area contributed by atoms with E-state index in [2.05, 4.69) is 18.2 Å². The van der Waals surface area contributed by atoms with Gasteiger partial charge in [-0.05, 0) is 53.6 Å². The van der Waals surface area contributed by atoms with Crippen molar-refractivity contribution >= 4 is 43.9 Å². The van der Waals surface area contributed by atoms with Crippen LogP contribution in [0.2, 0.25) is 0 Å². The molecule has 5 nitrogen and oxygen atoms in total. The van der Waals surface area contributed by atoms with Crippen molar-refractivity contribution in [2.45, 2.75) is 0 Å². The molecule has 8 aromatic rings. The fourth-order valence-corrected chi connectivity index (χ4v) is 6.33. The van der Waals surface area contributed by atoms with E-state index in [1.54, 1.807) is 18.2 Å². The van der Waals surface area contributed by atoms with Gasteiger partial charge in [-0.1, -0.05) is 72.8 Å². The summed E-state index contributed by atoms with van der Waals surface area (Å²) in [4.78, 5) is 0. The van der Waals surface area contributed by atoms with E-state index in [1.807, 2.05) is 97.1 Å². The SMILES string of the molecule is N#Cc1cccc(C#N)c1-c1cc(-c2cccc3oc4ccccc4c23)cc(-c2cccc3c2oc2ccccc23)c1C#N. The van der Waals surface area contributed by atoms with Gasteiger partial charge in [-0.25, -0.2) is 0 Å². The second kappa shape index (κ2) is 9.74. The zero-order valence-electron chi connectivity index (χ0n) is 23.1. The first kappa shape index (κ1) is 25.1. The summed E-state index contributed by atoms with van der Waals surface area (Å²) in [5.41, 5.74) is 7.96. The van der Waals surface area contributed by atoms with Crippen LogP contribution in [0, 0.1) is 34.0 Å². The zero-order valence-corrected chi connectivity index (χ0v) is 23.1. The van der Waals surface area contributed by atoms with Crippen LogP contribution in [0.3, 0.4) is 0 Å². The fraction of sp³-hybridized carbons (Fsp3) is 0. The Hall–Kier alpha value is -6.61. The second-order valence-electron chi connectivity index (χ2n) is 10.6. The smallest absolute Gasteiger partial charge is 0.143 e. The highest BCUT2D eigenvalue weighted by Gasteiger charge is 2.23. The van der Waals surface area contributed by atoms with Crippen molar-refractivity contribution in [3.05, 3.63) is 132 Å². The van der Waals surface area contributed by atoms with Crippen LogP contribution in [0.25, 0.3) is 77.3 Å². The van der Waals surface area contributed by atoms with E-state index < -0.39 is 0 Å². The molecule has 0 N–H and O–H groups in total. The molecule has 6 aromatic carbocycles. The minimum atomic E-state index is 0.317. The third-order valence-electron chi connectivity index (χ3n) is 8.23. The molecule has 5 heteroatoms. The number of hydrogen-bond donors (Lipinski definition) is 0. The minimum Gasteiger partial charge on any atom is -0.456 e. The first-order valence-electron chi connectivity index (χ1n) is 14.0. The molecule has 0 spiro atoms. The van der Waals surface area contributed by atoms with Gasteiger partial charge < -0.3 is 8.83 Å². The van der Waals surface area contributed by atoms with E-state index in [4.69, 9.17) is 8.83 Å². The maximum atomic E-state index is 10.7. The van der Waals surface area contributed by atoms with Gasteiger partial charge in [-0.3, -0.25) is 0 Å². The fourth-order valence-electron chi connectivity index (χ4n) is 6.33. The molecule has 202 valence electrons. The Morgan fingerprint density at radius 3 is 1.80 bits per heavy atom. The first-order chi connectivity index (χ1) is 21.7. The van der Waals surface area contributed by atoms with Crippen molar-refractivity contribution in [3.63, 3.8) is 0 Å². The molecule has 0 amide bonds. The van der Waals surface area contributed by atoms with E-state index in [-0.39, 0.29) is 0 Å². The van der Waals surface area contributed by atoms with E-state index in [9.17, 15) is 15.8 Å². The van der Waals surface area contributed by atoms with Crippen LogP contribution in [0.1, 0.15) is 16.7 Å². The minimum absolute atomic E-state index is 0.317. The molecule has 0 aliphatic carbocycles. The first-order valence-corrected chi connectivity index (χ1v) is 14.0. The highest BCUT2D eigenvalue weighted by atomic mass is 16.3. The molecule has 0 radical (unpaired) electrons. The lowest BCUT2D eigenvalue weighted by atomic mass is 9.84. The van der Waals surface area contributed by atoms with E-state index >= 15 is 0 Å². The predicted molar refractivity (Wildman–Crippen MR) is 171 cm³/mol. The number of hydrogen-bond acceptors (Lipinski definition) is 5.